The summed E-state index contributed by atoms with van der Waals surface area (Å²) in [7, 11) is 1.54. The van der Waals surface area contributed by atoms with E-state index in [1.165, 1.54) is 29.5 Å². The van der Waals surface area contributed by atoms with Crippen LogP contribution in [-0.2, 0) is 9.59 Å². The number of rotatable bonds is 8. The Hall–Kier alpha value is -3.36. The number of hydrogen-bond acceptors (Lipinski definition) is 5. The molecule has 1 heterocycles. The Balaban J connectivity index is 2.29. The number of ether oxygens (including phenoxy) is 1. The van der Waals surface area contributed by atoms with Crippen molar-refractivity contribution in [1.82, 2.24) is 20.0 Å². The number of aliphatic carboxylic acids is 1. The van der Waals surface area contributed by atoms with E-state index in [0.29, 0.717) is 11.4 Å². The molecule has 1 unspecified atom stereocenters. The number of nitrogens with one attached hydrogen (secondary N) is 1. The molecule has 150 valence electrons. The predicted molar refractivity (Wildman–Crippen MR) is 102 cm³/mol. The molecule has 9 nitrogen and oxygen atoms in total. The molecule has 28 heavy (non-hydrogen) atoms. The van der Waals surface area contributed by atoms with Gasteiger partial charge in [-0.25, -0.2) is 9.48 Å². The second-order valence-electron chi connectivity index (χ2n) is 6.32. The summed E-state index contributed by atoms with van der Waals surface area (Å²) in [6, 6.07) is 6.02. The number of benzene rings is 1. The zero-order chi connectivity index (χ0) is 20.8. The van der Waals surface area contributed by atoms with E-state index in [4.69, 9.17) is 4.74 Å². The lowest BCUT2D eigenvalue weighted by Gasteiger charge is -2.25. The molecule has 0 fully saturated rings. The molecule has 9 heteroatoms. The summed E-state index contributed by atoms with van der Waals surface area (Å²) < 4.78 is 6.85. The van der Waals surface area contributed by atoms with Crippen LogP contribution in [0.15, 0.2) is 30.5 Å². The van der Waals surface area contributed by atoms with Crippen molar-refractivity contribution in [2.75, 3.05) is 20.2 Å². The lowest BCUT2D eigenvalue weighted by molar-refractivity contribution is -0.141. The number of carbonyl (C=O) groups is 3. The van der Waals surface area contributed by atoms with E-state index in [0.717, 1.165) is 5.56 Å². The Kier molecular flexibility index (Phi) is 6.75. The third-order valence-corrected chi connectivity index (χ3v) is 4.20. The summed E-state index contributed by atoms with van der Waals surface area (Å²) in [6.07, 6.45) is 1.61. The highest BCUT2D eigenvalue weighted by Gasteiger charge is 2.28. The minimum atomic E-state index is -1.14. The number of amides is 2. The molecule has 2 amide bonds. The van der Waals surface area contributed by atoms with Gasteiger partial charge in [-0.05, 0) is 37.6 Å². The maximum atomic E-state index is 12.9. The molecule has 2 rings (SSSR count). The third-order valence-electron chi connectivity index (χ3n) is 4.20. The Bertz CT molecular complexity index is 877. The van der Waals surface area contributed by atoms with Gasteiger partial charge in [-0.2, -0.15) is 5.10 Å². The van der Waals surface area contributed by atoms with Crippen LogP contribution in [0.3, 0.4) is 0 Å². The van der Waals surface area contributed by atoms with E-state index < -0.39 is 17.9 Å². The number of aromatic nitrogens is 2. The van der Waals surface area contributed by atoms with Crippen LogP contribution in [0.25, 0.3) is 5.69 Å². The third kappa shape index (κ3) is 4.87. The summed E-state index contributed by atoms with van der Waals surface area (Å²) >= 11 is 0. The highest BCUT2D eigenvalue weighted by molar-refractivity contribution is 5.95. The van der Waals surface area contributed by atoms with Crippen molar-refractivity contribution in [3.8, 4) is 11.4 Å². The Morgan fingerprint density at radius 1 is 1.32 bits per heavy atom. The Labute approximate surface area is 162 Å². The fourth-order valence-electron chi connectivity index (χ4n) is 2.66. The van der Waals surface area contributed by atoms with Gasteiger partial charge in [-0.3, -0.25) is 9.59 Å². The number of nitrogens with zero attached hydrogens (tertiary/aromatic N) is 3. The minimum absolute atomic E-state index is 0.0481. The first kappa shape index (κ1) is 20.9. The topological polar surface area (TPSA) is 114 Å². The van der Waals surface area contributed by atoms with Gasteiger partial charge in [-0.15, -0.1) is 0 Å². The van der Waals surface area contributed by atoms with E-state index in [-0.39, 0.29) is 24.7 Å². The van der Waals surface area contributed by atoms with Crippen molar-refractivity contribution in [3.63, 3.8) is 0 Å². The first-order chi connectivity index (χ1) is 13.2. The number of methoxy groups -OCH3 is 1. The molecular formula is C19H24N4O5. The zero-order valence-corrected chi connectivity index (χ0v) is 16.3. The van der Waals surface area contributed by atoms with Crippen LogP contribution in [0.2, 0.25) is 0 Å². The number of hydrogen-bond donors (Lipinski definition) is 2. The molecule has 0 aliphatic rings. The van der Waals surface area contributed by atoms with Gasteiger partial charge in [0.25, 0.3) is 5.91 Å². The minimum Gasteiger partial charge on any atom is -0.494 e. The lowest BCUT2D eigenvalue weighted by Crippen LogP contribution is -2.46. The molecule has 2 aromatic rings. The molecule has 0 saturated carbocycles. The molecule has 1 aromatic heterocycles. The van der Waals surface area contributed by atoms with Crippen LogP contribution in [-0.4, -0.2) is 63.8 Å². The normalized spacial score (nSPS) is 11.6. The van der Waals surface area contributed by atoms with Gasteiger partial charge in [0.1, 0.15) is 17.5 Å². The fraction of sp³-hybridized carbons (Fsp3) is 0.368. The summed E-state index contributed by atoms with van der Waals surface area (Å²) in [6.45, 7) is 4.88. The number of carboxylic acid groups (broad SMARTS) is 1. The zero-order valence-electron chi connectivity index (χ0n) is 16.3. The second kappa shape index (κ2) is 9.03. The molecule has 1 atom stereocenters. The van der Waals surface area contributed by atoms with Crippen LogP contribution in [0, 0.1) is 6.92 Å². The van der Waals surface area contributed by atoms with Crippen LogP contribution in [0.1, 0.15) is 29.9 Å². The average Bonchev–Trinajstić information content (AvgIpc) is 3.14. The summed E-state index contributed by atoms with van der Waals surface area (Å²) in [5.41, 5.74) is 1.76. The molecule has 0 aliphatic carbocycles. The van der Waals surface area contributed by atoms with Crippen molar-refractivity contribution >= 4 is 17.8 Å². The van der Waals surface area contributed by atoms with Crippen molar-refractivity contribution < 1.29 is 24.2 Å². The highest BCUT2D eigenvalue weighted by atomic mass is 16.5. The van der Waals surface area contributed by atoms with Crippen molar-refractivity contribution in [2.45, 2.75) is 26.8 Å². The predicted octanol–water partition coefficient (Wildman–Crippen LogP) is 1.24. The average molecular weight is 388 g/mol. The first-order valence-electron chi connectivity index (χ1n) is 8.73. The second-order valence-corrected chi connectivity index (χ2v) is 6.32. The number of carbonyl (C=O) groups excluding carboxylic acids is 2. The maximum Gasteiger partial charge on any atom is 0.326 e. The molecule has 0 aliphatic heterocycles. The van der Waals surface area contributed by atoms with Gasteiger partial charge in [0.15, 0.2) is 5.69 Å². The van der Waals surface area contributed by atoms with Gasteiger partial charge in [0.05, 0.1) is 7.11 Å². The van der Waals surface area contributed by atoms with E-state index in [9.17, 15) is 19.5 Å². The fourth-order valence-corrected chi connectivity index (χ4v) is 2.66. The highest BCUT2D eigenvalue weighted by Crippen LogP contribution is 2.23. The number of aryl methyl sites for hydroxylation is 1. The standard InChI is InChI=1S/C19H24N4O5/c1-12-5-6-17(28-4)16(11-12)23-9-7-15(21-23)18(25)22(13(2)19(26)27)10-8-20-14(3)24/h5-7,9,11,13H,8,10H2,1-4H3,(H,20,24)(H,26,27). The summed E-state index contributed by atoms with van der Waals surface area (Å²) in [5.74, 6) is -1.35. The number of carboxylic acids is 1. The molecule has 0 radical (unpaired) electrons. The molecule has 0 bridgehead atoms. The van der Waals surface area contributed by atoms with Crippen molar-refractivity contribution in [1.29, 1.82) is 0 Å². The van der Waals surface area contributed by atoms with Gasteiger partial charge < -0.3 is 20.1 Å². The first-order valence-corrected chi connectivity index (χ1v) is 8.73. The molecule has 0 spiro atoms. The summed E-state index contributed by atoms with van der Waals surface area (Å²) in [4.78, 5) is 36.5. The quantitative estimate of drug-likeness (QED) is 0.703. The molecule has 2 N–H and O–H groups in total. The Morgan fingerprint density at radius 3 is 2.64 bits per heavy atom. The van der Waals surface area contributed by atoms with E-state index >= 15 is 0 Å². The van der Waals surface area contributed by atoms with Crippen LogP contribution >= 0.6 is 0 Å². The van der Waals surface area contributed by atoms with Gasteiger partial charge in [-0.1, -0.05) is 6.07 Å². The van der Waals surface area contributed by atoms with E-state index in [1.54, 1.807) is 19.4 Å². The van der Waals surface area contributed by atoms with Gasteiger partial charge in [0, 0.05) is 26.2 Å². The molecular weight excluding hydrogens is 364 g/mol. The van der Waals surface area contributed by atoms with Gasteiger partial charge in [0.2, 0.25) is 5.91 Å². The van der Waals surface area contributed by atoms with E-state index in [1.807, 2.05) is 19.1 Å². The monoisotopic (exact) mass is 388 g/mol. The van der Waals surface area contributed by atoms with Crippen molar-refractivity contribution in [2.24, 2.45) is 0 Å². The van der Waals surface area contributed by atoms with Crippen molar-refractivity contribution in [3.05, 3.63) is 41.7 Å². The van der Waals surface area contributed by atoms with Crippen LogP contribution < -0.4 is 10.1 Å². The molecule has 0 saturated heterocycles. The Morgan fingerprint density at radius 2 is 2.04 bits per heavy atom. The smallest absolute Gasteiger partial charge is 0.326 e. The van der Waals surface area contributed by atoms with E-state index in [2.05, 4.69) is 10.4 Å². The SMILES string of the molecule is COc1ccc(C)cc1-n1ccc(C(=O)N(CCNC(C)=O)C(C)C(=O)O)n1. The maximum absolute atomic E-state index is 12.9. The van der Waals surface area contributed by atoms with Crippen LogP contribution in [0.4, 0.5) is 0 Å². The van der Waals surface area contributed by atoms with Crippen LogP contribution in [0.5, 0.6) is 5.75 Å². The molecule has 1 aromatic carbocycles. The summed E-state index contributed by atoms with van der Waals surface area (Å²) in [5, 5.41) is 16.2. The largest absolute Gasteiger partial charge is 0.494 e. The lowest BCUT2D eigenvalue weighted by atomic mass is 10.2. The van der Waals surface area contributed by atoms with Gasteiger partial charge >= 0.3 is 5.97 Å².